The predicted octanol–water partition coefficient (Wildman–Crippen LogP) is 3.14. The number of sulfone groups is 2. The lowest BCUT2D eigenvalue weighted by Gasteiger charge is -2.06. The maximum absolute atomic E-state index is 13.0. The van der Waals surface area contributed by atoms with E-state index in [1.165, 1.54) is 24.3 Å². The van der Waals surface area contributed by atoms with E-state index in [0.717, 1.165) is 23.6 Å². The van der Waals surface area contributed by atoms with Gasteiger partial charge in [0.25, 0.3) is 5.91 Å². The molecule has 0 spiro atoms. The molecule has 0 saturated heterocycles. The number of hydrogen-bond acceptors (Lipinski definition) is 6. The van der Waals surface area contributed by atoms with Crippen LogP contribution in [0.15, 0.2) is 82.6 Å². The van der Waals surface area contributed by atoms with E-state index < -0.39 is 25.6 Å². The molecule has 1 aromatic heterocycles. The van der Waals surface area contributed by atoms with E-state index in [2.05, 4.69) is 10.4 Å². The van der Waals surface area contributed by atoms with Crippen LogP contribution < -0.4 is 5.32 Å². The number of carbonyl (C=O) groups is 1. The molecule has 0 unspecified atom stereocenters. The summed E-state index contributed by atoms with van der Waals surface area (Å²) in [6, 6.07) is 19.8. The number of aromatic nitrogens is 2. The molecule has 3 aromatic carbocycles. The molecule has 0 radical (unpaired) electrons. The maximum atomic E-state index is 13.0. The van der Waals surface area contributed by atoms with Crippen molar-refractivity contribution >= 4 is 42.2 Å². The van der Waals surface area contributed by atoms with Crippen LogP contribution in [-0.4, -0.2) is 45.0 Å². The monoisotopic (exact) mass is 483 g/mol. The van der Waals surface area contributed by atoms with Crippen molar-refractivity contribution in [3.8, 4) is 0 Å². The molecule has 1 N–H and O–H groups in total. The Labute approximate surface area is 191 Å². The van der Waals surface area contributed by atoms with Crippen molar-refractivity contribution in [2.75, 3.05) is 17.8 Å². The van der Waals surface area contributed by atoms with Crippen LogP contribution in [0.25, 0.3) is 10.9 Å². The van der Waals surface area contributed by atoms with E-state index in [1.807, 2.05) is 18.2 Å². The number of benzene rings is 3. The summed E-state index contributed by atoms with van der Waals surface area (Å²) in [5.74, 6) is -0.426. The lowest BCUT2D eigenvalue weighted by atomic mass is 10.2. The second-order valence-corrected chi connectivity index (χ2v) is 11.7. The van der Waals surface area contributed by atoms with E-state index in [9.17, 15) is 21.6 Å². The fourth-order valence-corrected chi connectivity index (χ4v) is 4.67. The Hall–Kier alpha value is -3.50. The van der Waals surface area contributed by atoms with Crippen LogP contribution in [0.2, 0.25) is 0 Å². The zero-order valence-corrected chi connectivity index (χ0v) is 19.5. The predicted molar refractivity (Wildman–Crippen MR) is 126 cm³/mol. The average Bonchev–Trinajstić information content (AvgIpc) is 3.12. The minimum absolute atomic E-state index is 0.164. The van der Waals surface area contributed by atoms with Gasteiger partial charge < -0.3 is 5.32 Å². The van der Waals surface area contributed by atoms with Crippen LogP contribution in [0.4, 0.5) is 5.69 Å². The molecule has 8 nitrogen and oxygen atoms in total. The molecule has 0 bridgehead atoms. The van der Waals surface area contributed by atoms with Gasteiger partial charge in [-0.2, -0.15) is 5.10 Å². The van der Waals surface area contributed by atoms with Crippen molar-refractivity contribution in [3.05, 3.63) is 84.1 Å². The maximum Gasteiger partial charge on any atom is 0.276 e. The van der Waals surface area contributed by atoms with E-state index in [-0.39, 0.29) is 15.5 Å². The number of fused-ring (bicyclic) bond motifs is 1. The quantitative estimate of drug-likeness (QED) is 0.451. The molecule has 170 valence electrons. The fraction of sp³-hybridized carbons (Fsp3) is 0.130. The second kappa shape index (κ2) is 8.45. The smallest absolute Gasteiger partial charge is 0.276 e. The van der Waals surface area contributed by atoms with E-state index in [1.54, 1.807) is 35.0 Å². The Morgan fingerprint density at radius 1 is 0.818 bits per heavy atom. The summed E-state index contributed by atoms with van der Waals surface area (Å²) >= 11 is 0. The summed E-state index contributed by atoms with van der Waals surface area (Å²) in [5.41, 5.74) is 2.26. The first-order valence-corrected chi connectivity index (χ1v) is 13.7. The zero-order valence-electron chi connectivity index (χ0n) is 17.9. The minimum atomic E-state index is -3.33. The third-order valence-electron chi connectivity index (χ3n) is 5.10. The molecule has 4 rings (SSSR count). The van der Waals surface area contributed by atoms with Gasteiger partial charge in [0.2, 0.25) is 0 Å². The number of anilines is 1. The molecular weight excluding hydrogens is 462 g/mol. The van der Waals surface area contributed by atoms with Crippen molar-refractivity contribution in [1.29, 1.82) is 0 Å². The largest absolute Gasteiger partial charge is 0.321 e. The Balaban J connectivity index is 1.62. The topological polar surface area (TPSA) is 115 Å². The number of carbonyl (C=O) groups excluding carboxylic acids is 1. The highest BCUT2D eigenvalue weighted by Gasteiger charge is 2.18. The Bertz CT molecular complexity index is 1550. The first-order chi connectivity index (χ1) is 15.5. The molecule has 0 fully saturated rings. The first kappa shape index (κ1) is 22.7. The normalized spacial score (nSPS) is 12.1. The number of para-hydroxylation sites is 1. The summed E-state index contributed by atoms with van der Waals surface area (Å²) in [6.07, 6.45) is 2.27. The van der Waals surface area contributed by atoms with Gasteiger partial charge in [-0.1, -0.05) is 30.3 Å². The van der Waals surface area contributed by atoms with Crippen molar-refractivity contribution in [1.82, 2.24) is 9.78 Å². The van der Waals surface area contributed by atoms with Gasteiger partial charge in [0, 0.05) is 23.6 Å². The molecule has 0 aliphatic heterocycles. The van der Waals surface area contributed by atoms with Gasteiger partial charge in [0.1, 0.15) is 0 Å². The number of rotatable bonds is 6. The number of nitrogens with zero attached hydrogens (tertiary/aromatic N) is 2. The summed E-state index contributed by atoms with van der Waals surface area (Å²) in [6.45, 7) is 0.348. The van der Waals surface area contributed by atoms with E-state index in [0.29, 0.717) is 17.6 Å². The first-order valence-electron chi connectivity index (χ1n) is 9.88. The highest BCUT2D eigenvalue weighted by Crippen LogP contribution is 2.22. The van der Waals surface area contributed by atoms with Crippen LogP contribution in [0, 0.1) is 0 Å². The SMILES string of the molecule is CS(=O)(=O)c1ccc(Cn2nc(C(=O)Nc3ccc(S(C)(=O)=O)cc3)c3ccccc32)cc1. The van der Waals surface area contributed by atoms with Gasteiger partial charge in [-0.25, -0.2) is 16.8 Å². The molecule has 10 heteroatoms. The van der Waals surface area contributed by atoms with Gasteiger partial charge in [-0.3, -0.25) is 9.48 Å². The summed E-state index contributed by atoms with van der Waals surface area (Å²) < 4.78 is 48.3. The highest BCUT2D eigenvalue weighted by molar-refractivity contribution is 7.91. The molecule has 0 atom stereocenters. The Morgan fingerprint density at radius 2 is 1.36 bits per heavy atom. The molecule has 1 amide bonds. The number of hydrogen-bond donors (Lipinski definition) is 1. The third kappa shape index (κ3) is 4.96. The molecule has 0 saturated carbocycles. The van der Waals surface area contributed by atoms with Crippen molar-refractivity contribution in [2.45, 2.75) is 16.3 Å². The third-order valence-corrected chi connectivity index (χ3v) is 7.35. The average molecular weight is 484 g/mol. The van der Waals surface area contributed by atoms with Crippen LogP contribution in [-0.2, 0) is 26.2 Å². The highest BCUT2D eigenvalue weighted by atomic mass is 32.2. The molecule has 0 aliphatic rings. The van der Waals surface area contributed by atoms with Crippen LogP contribution in [0.5, 0.6) is 0 Å². The summed E-state index contributed by atoms with van der Waals surface area (Å²) in [5, 5.41) is 7.92. The van der Waals surface area contributed by atoms with E-state index >= 15 is 0 Å². The van der Waals surface area contributed by atoms with Gasteiger partial charge >= 0.3 is 0 Å². The molecule has 0 aliphatic carbocycles. The standard InChI is InChI=1S/C23H21N3O5S2/c1-32(28,29)18-11-7-16(8-12-18)15-26-21-6-4-3-5-20(21)22(25-26)23(27)24-17-9-13-19(14-10-17)33(2,30)31/h3-14H,15H2,1-2H3,(H,24,27). The van der Waals surface area contributed by atoms with Gasteiger partial charge in [0.05, 0.1) is 21.9 Å². The van der Waals surface area contributed by atoms with Gasteiger partial charge in [0.15, 0.2) is 25.4 Å². The van der Waals surface area contributed by atoms with E-state index in [4.69, 9.17) is 0 Å². The Morgan fingerprint density at radius 3 is 1.94 bits per heavy atom. The van der Waals surface area contributed by atoms with Crippen LogP contribution in [0.3, 0.4) is 0 Å². The summed E-state index contributed by atoms with van der Waals surface area (Å²) in [7, 11) is -6.61. The molecule has 4 aromatic rings. The summed E-state index contributed by atoms with van der Waals surface area (Å²) in [4.78, 5) is 13.4. The lowest BCUT2D eigenvalue weighted by molar-refractivity contribution is 0.102. The minimum Gasteiger partial charge on any atom is -0.321 e. The molecule has 1 heterocycles. The second-order valence-electron chi connectivity index (χ2n) is 7.69. The molecular formula is C23H21N3O5S2. The van der Waals surface area contributed by atoms with Crippen molar-refractivity contribution in [3.63, 3.8) is 0 Å². The van der Waals surface area contributed by atoms with Crippen molar-refractivity contribution in [2.24, 2.45) is 0 Å². The Kier molecular flexibility index (Phi) is 5.81. The van der Waals surface area contributed by atoms with Crippen LogP contribution >= 0.6 is 0 Å². The van der Waals surface area contributed by atoms with Gasteiger partial charge in [-0.05, 0) is 48.0 Å². The zero-order chi connectivity index (χ0) is 23.8. The number of amides is 1. The van der Waals surface area contributed by atoms with Crippen LogP contribution in [0.1, 0.15) is 16.1 Å². The van der Waals surface area contributed by atoms with Gasteiger partial charge in [-0.15, -0.1) is 0 Å². The number of nitrogens with one attached hydrogen (secondary N) is 1. The molecule has 33 heavy (non-hydrogen) atoms. The lowest BCUT2D eigenvalue weighted by Crippen LogP contribution is -2.14. The van der Waals surface area contributed by atoms with Crippen molar-refractivity contribution < 1.29 is 21.6 Å². The fourth-order valence-electron chi connectivity index (χ4n) is 3.41.